The third-order valence-electron chi connectivity index (χ3n) is 4.76. The first-order valence-electron chi connectivity index (χ1n) is 7.59. The molecule has 1 aromatic carbocycles. The van der Waals surface area contributed by atoms with Gasteiger partial charge in [-0.2, -0.15) is 0 Å². The van der Waals surface area contributed by atoms with Gasteiger partial charge in [0.15, 0.2) is 0 Å². The van der Waals surface area contributed by atoms with E-state index < -0.39 is 6.36 Å². The van der Waals surface area contributed by atoms with E-state index in [4.69, 9.17) is 0 Å². The predicted octanol–water partition coefficient (Wildman–Crippen LogP) is 4.28. The standard InChI is InChI=1S/C16H20F3NO/c1-2-20-15(14-10-7-5-8-11(10)14)12-6-3-4-9-13(12)21-16(17,18)19/h3-4,6,9-11,14-15,20H,2,5,7-8H2,1H3. The molecule has 0 bridgehead atoms. The van der Waals surface area contributed by atoms with Crippen LogP contribution in [0.4, 0.5) is 13.2 Å². The Bertz CT molecular complexity index is 493. The summed E-state index contributed by atoms with van der Waals surface area (Å²) in [6, 6.07) is 6.49. The lowest BCUT2D eigenvalue weighted by molar-refractivity contribution is -0.275. The summed E-state index contributed by atoms with van der Waals surface area (Å²) in [7, 11) is 0. The largest absolute Gasteiger partial charge is 0.573 e. The molecule has 5 heteroatoms. The third-order valence-corrected chi connectivity index (χ3v) is 4.76. The van der Waals surface area contributed by atoms with Gasteiger partial charge >= 0.3 is 6.36 Å². The van der Waals surface area contributed by atoms with E-state index in [-0.39, 0.29) is 11.8 Å². The molecule has 2 aliphatic rings. The maximum Gasteiger partial charge on any atom is 0.573 e. The summed E-state index contributed by atoms with van der Waals surface area (Å²) in [6.07, 6.45) is -0.975. The van der Waals surface area contributed by atoms with Gasteiger partial charge in [0.25, 0.3) is 0 Å². The average molecular weight is 299 g/mol. The van der Waals surface area contributed by atoms with Crippen molar-refractivity contribution in [1.29, 1.82) is 0 Å². The van der Waals surface area contributed by atoms with Crippen molar-refractivity contribution in [2.45, 2.75) is 38.6 Å². The molecule has 0 saturated heterocycles. The summed E-state index contributed by atoms with van der Waals surface area (Å²) in [5.74, 6) is 1.73. The Balaban J connectivity index is 1.85. The van der Waals surface area contributed by atoms with Crippen molar-refractivity contribution < 1.29 is 17.9 Å². The fourth-order valence-corrected chi connectivity index (χ4v) is 4.00. The number of rotatable bonds is 5. The molecule has 3 rings (SSSR count). The second-order valence-corrected chi connectivity index (χ2v) is 5.96. The van der Waals surface area contributed by atoms with Crippen molar-refractivity contribution in [2.75, 3.05) is 6.54 Å². The van der Waals surface area contributed by atoms with E-state index in [0.717, 1.165) is 6.54 Å². The summed E-state index contributed by atoms with van der Waals surface area (Å²) in [5, 5.41) is 3.37. The van der Waals surface area contributed by atoms with Gasteiger partial charge in [0, 0.05) is 11.6 Å². The monoisotopic (exact) mass is 299 g/mol. The second kappa shape index (κ2) is 5.52. The van der Waals surface area contributed by atoms with Gasteiger partial charge in [0.05, 0.1) is 0 Å². The first-order chi connectivity index (χ1) is 10.0. The van der Waals surface area contributed by atoms with E-state index in [1.165, 1.54) is 25.3 Å². The highest BCUT2D eigenvalue weighted by molar-refractivity contribution is 5.38. The number of nitrogens with one attached hydrogen (secondary N) is 1. The molecule has 2 fully saturated rings. The van der Waals surface area contributed by atoms with E-state index in [9.17, 15) is 13.2 Å². The van der Waals surface area contributed by atoms with Gasteiger partial charge in [0.1, 0.15) is 5.75 Å². The Morgan fingerprint density at radius 2 is 1.90 bits per heavy atom. The Morgan fingerprint density at radius 1 is 1.24 bits per heavy atom. The zero-order valence-electron chi connectivity index (χ0n) is 12.0. The molecule has 1 aromatic rings. The highest BCUT2D eigenvalue weighted by atomic mass is 19.4. The molecule has 21 heavy (non-hydrogen) atoms. The Kier molecular flexibility index (Phi) is 3.86. The topological polar surface area (TPSA) is 21.3 Å². The van der Waals surface area contributed by atoms with Crippen LogP contribution in [0.5, 0.6) is 5.75 Å². The van der Waals surface area contributed by atoms with Crippen molar-refractivity contribution in [3.05, 3.63) is 29.8 Å². The summed E-state index contributed by atoms with van der Waals surface area (Å²) < 4.78 is 41.9. The van der Waals surface area contributed by atoms with Crippen LogP contribution in [0.3, 0.4) is 0 Å². The van der Waals surface area contributed by atoms with Crippen LogP contribution in [-0.4, -0.2) is 12.9 Å². The molecule has 3 unspecified atom stereocenters. The lowest BCUT2D eigenvalue weighted by Crippen LogP contribution is -2.26. The van der Waals surface area contributed by atoms with Crippen LogP contribution in [0.1, 0.15) is 37.8 Å². The average Bonchev–Trinajstić information content (AvgIpc) is 2.87. The molecule has 0 radical (unpaired) electrons. The number of halogens is 3. The minimum Gasteiger partial charge on any atom is -0.405 e. The SMILES string of the molecule is CCNC(c1ccccc1OC(F)(F)F)C1C2CCCC21. The van der Waals surface area contributed by atoms with Gasteiger partial charge in [-0.15, -0.1) is 13.2 Å². The van der Waals surface area contributed by atoms with E-state index >= 15 is 0 Å². The van der Waals surface area contributed by atoms with E-state index in [2.05, 4.69) is 10.1 Å². The van der Waals surface area contributed by atoms with Crippen molar-refractivity contribution in [1.82, 2.24) is 5.32 Å². The van der Waals surface area contributed by atoms with Crippen molar-refractivity contribution in [3.8, 4) is 5.75 Å². The van der Waals surface area contributed by atoms with Crippen LogP contribution in [0, 0.1) is 17.8 Å². The number of ether oxygens (including phenoxy) is 1. The molecular formula is C16H20F3NO. The van der Waals surface area contributed by atoms with Crippen LogP contribution < -0.4 is 10.1 Å². The molecule has 0 aromatic heterocycles. The maximum absolute atomic E-state index is 12.6. The third kappa shape index (κ3) is 3.03. The van der Waals surface area contributed by atoms with E-state index in [1.54, 1.807) is 18.2 Å². The first kappa shape index (κ1) is 14.7. The van der Waals surface area contributed by atoms with Crippen molar-refractivity contribution in [3.63, 3.8) is 0 Å². The summed E-state index contributed by atoms with van der Waals surface area (Å²) in [5.41, 5.74) is 0.635. The highest BCUT2D eigenvalue weighted by Crippen LogP contribution is 2.62. The molecule has 116 valence electrons. The molecule has 1 N–H and O–H groups in total. The lowest BCUT2D eigenvalue weighted by atomic mass is 9.96. The normalized spacial score (nSPS) is 29.0. The molecule has 0 spiro atoms. The van der Waals surface area contributed by atoms with Crippen molar-refractivity contribution in [2.24, 2.45) is 17.8 Å². The fraction of sp³-hybridized carbons (Fsp3) is 0.625. The van der Waals surface area contributed by atoms with Crippen LogP contribution in [-0.2, 0) is 0 Å². The number of para-hydroxylation sites is 1. The number of fused-ring (bicyclic) bond motifs is 1. The molecular weight excluding hydrogens is 279 g/mol. The molecule has 0 amide bonds. The first-order valence-corrected chi connectivity index (χ1v) is 7.59. The number of benzene rings is 1. The zero-order chi connectivity index (χ0) is 15.0. The minimum absolute atomic E-state index is 0.0381. The highest BCUT2D eigenvalue weighted by Gasteiger charge is 2.56. The van der Waals surface area contributed by atoms with Crippen LogP contribution >= 0.6 is 0 Å². The van der Waals surface area contributed by atoms with Gasteiger partial charge < -0.3 is 10.1 Å². The molecule has 2 saturated carbocycles. The van der Waals surface area contributed by atoms with Crippen LogP contribution in [0.2, 0.25) is 0 Å². The number of hydrogen-bond donors (Lipinski definition) is 1. The van der Waals surface area contributed by atoms with Gasteiger partial charge in [0.2, 0.25) is 0 Å². The van der Waals surface area contributed by atoms with Crippen molar-refractivity contribution >= 4 is 0 Å². The van der Waals surface area contributed by atoms with Gasteiger partial charge in [-0.05, 0) is 43.2 Å². The molecule has 2 aliphatic carbocycles. The van der Waals surface area contributed by atoms with E-state index in [1.807, 2.05) is 6.92 Å². The summed E-state index contributed by atoms with van der Waals surface area (Å²) >= 11 is 0. The zero-order valence-corrected chi connectivity index (χ0v) is 12.0. The second-order valence-electron chi connectivity index (χ2n) is 5.96. The van der Waals surface area contributed by atoms with Gasteiger partial charge in [-0.25, -0.2) is 0 Å². The quantitative estimate of drug-likeness (QED) is 0.876. The predicted molar refractivity (Wildman–Crippen MR) is 73.9 cm³/mol. The van der Waals surface area contributed by atoms with E-state index in [0.29, 0.717) is 23.3 Å². The molecule has 0 heterocycles. The Morgan fingerprint density at radius 3 is 2.52 bits per heavy atom. The van der Waals surface area contributed by atoms with Gasteiger partial charge in [-0.3, -0.25) is 0 Å². The number of alkyl halides is 3. The Hall–Kier alpha value is -1.23. The van der Waals surface area contributed by atoms with Crippen LogP contribution in [0.15, 0.2) is 24.3 Å². The molecule has 3 atom stereocenters. The summed E-state index contributed by atoms with van der Waals surface area (Å²) in [4.78, 5) is 0. The number of hydrogen-bond acceptors (Lipinski definition) is 2. The van der Waals surface area contributed by atoms with Gasteiger partial charge in [-0.1, -0.05) is 31.5 Å². The molecule has 0 aliphatic heterocycles. The smallest absolute Gasteiger partial charge is 0.405 e. The van der Waals surface area contributed by atoms with Crippen LogP contribution in [0.25, 0.3) is 0 Å². The maximum atomic E-state index is 12.6. The minimum atomic E-state index is -4.65. The summed E-state index contributed by atoms with van der Waals surface area (Å²) in [6.45, 7) is 2.72. The molecule has 2 nitrogen and oxygen atoms in total. The lowest BCUT2D eigenvalue weighted by Gasteiger charge is -2.23. The Labute approximate surface area is 122 Å². The fourth-order valence-electron chi connectivity index (χ4n) is 4.00.